The third kappa shape index (κ3) is 2.71. The van der Waals surface area contributed by atoms with Crippen molar-refractivity contribution >= 4 is 33.2 Å². The Kier molecular flexibility index (Phi) is 3.54. The maximum absolute atomic E-state index is 11.8. The van der Waals surface area contributed by atoms with Crippen LogP contribution in [0.4, 0.5) is 0 Å². The van der Waals surface area contributed by atoms with Crippen LogP contribution in [0.3, 0.4) is 0 Å². The molecule has 0 aliphatic heterocycles. The van der Waals surface area contributed by atoms with Gasteiger partial charge in [0.25, 0.3) is 0 Å². The van der Waals surface area contributed by atoms with E-state index in [-0.39, 0.29) is 12.2 Å². The van der Waals surface area contributed by atoms with Gasteiger partial charge in [-0.1, -0.05) is 18.2 Å². The number of esters is 1. The fourth-order valence-electron chi connectivity index (χ4n) is 1.55. The van der Waals surface area contributed by atoms with Gasteiger partial charge in [-0.25, -0.2) is 0 Å². The molecule has 3 nitrogen and oxygen atoms in total. The summed E-state index contributed by atoms with van der Waals surface area (Å²) in [5, 5.41) is 1.03. The van der Waals surface area contributed by atoms with Gasteiger partial charge in [0, 0.05) is 4.70 Å². The smallest absolute Gasteiger partial charge is 0.313 e. The summed E-state index contributed by atoms with van der Waals surface area (Å²) in [6.07, 6.45) is -0.180. The summed E-state index contributed by atoms with van der Waals surface area (Å²) in [5.41, 5.74) is 0. The van der Waals surface area contributed by atoms with Crippen molar-refractivity contribution in [1.82, 2.24) is 0 Å². The highest BCUT2D eigenvalue weighted by Gasteiger charge is 2.14. The Morgan fingerprint density at radius 2 is 2.06 bits per heavy atom. The first-order chi connectivity index (χ1) is 8.20. The molecule has 0 aliphatic carbocycles. The topological polar surface area (TPSA) is 43.4 Å². The molecule has 1 heterocycles. The zero-order valence-electron chi connectivity index (χ0n) is 9.43. The zero-order chi connectivity index (χ0) is 12.3. The van der Waals surface area contributed by atoms with Crippen molar-refractivity contribution in [2.45, 2.75) is 13.3 Å². The summed E-state index contributed by atoms with van der Waals surface area (Å²) in [4.78, 5) is 23.6. The molecule has 0 bridgehead atoms. The first kappa shape index (κ1) is 11.8. The molecule has 88 valence electrons. The predicted octanol–water partition coefficient (Wildman–Crippen LogP) is 3.04. The van der Waals surface area contributed by atoms with Crippen molar-refractivity contribution in [3.8, 4) is 0 Å². The Morgan fingerprint density at radius 3 is 2.76 bits per heavy atom. The molecular formula is C13H12O3S. The molecule has 1 aromatic heterocycles. The van der Waals surface area contributed by atoms with E-state index in [4.69, 9.17) is 4.74 Å². The highest BCUT2D eigenvalue weighted by atomic mass is 32.1. The van der Waals surface area contributed by atoms with Gasteiger partial charge in [-0.3, -0.25) is 9.59 Å². The molecule has 0 aliphatic rings. The second-order valence-corrected chi connectivity index (χ2v) is 4.64. The molecule has 0 saturated heterocycles. The lowest BCUT2D eigenvalue weighted by molar-refractivity contribution is -0.141. The number of rotatable bonds is 4. The summed E-state index contributed by atoms with van der Waals surface area (Å²) < 4.78 is 5.81. The van der Waals surface area contributed by atoms with Gasteiger partial charge in [0.2, 0.25) is 0 Å². The maximum Gasteiger partial charge on any atom is 0.313 e. The van der Waals surface area contributed by atoms with E-state index in [1.807, 2.05) is 30.3 Å². The number of carbonyl (C=O) groups excluding carboxylic acids is 2. The van der Waals surface area contributed by atoms with Gasteiger partial charge in [0.05, 0.1) is 11.5 Å². The number of ether oxygens (including phenoxy) is 1. The van der Waals surface area contributed by atoms with Gasteiger partial charge in [-0.05, 0) is 24.4 Å². The number of hydrogen-bond acceptors (Lipinski definition) is 4. The Labute approximate surface area is 103 Å². The van der Waals surface area contributed by atoms with Crippen molar-refractivity contribution in [1.29, 1.82) is 0 Å². The van der Waals surface area contributed by atoms with Crippen LogP contribution in [0.5, 0.6) is 0 Å². The number of Topliss-reactive ketones (excluding diaryl/α,β-unsaturated/α-hetero) is 1. The highest BCUT2D eigenvalue weighted by Crippen LogP contribution is 2.26. The minimum Gasteiger partial charge on any atom is -0.466 e. The van der Waals surface area contributed by atoms with Crippen LogP contribution in [-0.4, -0.2) is 18.4 Å². The molecule has 0 amide bonds. The molecule has 17 heavy (non-hydrogen) atoms. The first-order valence-electron chi connectivity index (χ1n) is 5.38. The Balaban J connectivity index is 2.16. The van der Waals surface area contributed by atoms with Gasteiger partial charge in [-0.2, -0.15) is 0 Å². The van der Waals surface area contributed by atoms with E-state index in [9.17, 15) is 9.59 Å². The predicted molar refractivity (Wildman–Crippen MR) is 67.4 cm³/mol. The average molecular weight is 248 g/mol. The van der Waals surface area contributed by atoms with E-state index >= 15 is 0 Å². The fourth-order valence-corrected chi connectivity index (χ4v) is 2.55. The van der Waals surface area contributed by atoms with Crippen molar-refractivity contribution < 1.29 is 14.3 Å². The van der Waals surface area contributed by atoms with E-state index in [2.05, 4.69) is 0 Å². The normalized spacial score (nSPS) is 10.4. The molecule has 2 aromatic rings. The molecule has 0 radical (unpaired) electrons. The van der Waals surface area contributed by atoms with Crippen LogP contribution in [0.1, 0.15) is 23.0 Å². The minimum atomic E-state index is -0.463. The summed E-state index contributed by atoms with van der Waals surface area (Å²) in [6.45, 7) is 2.03. The quantitative estimate of drug-likeness (QED) is 0.474. The van der Waals surface area contributed by atoms with Crippen LogP contribution in [0.25, 0.3) is 10.1 Å². The number of thiophene rings is 1. The van der Waals surface area contributed by atoms with Gasteiger partial charge in [0.15, 0.2) is 5.78 Å². The second-order valence-electron chi connectivity index (χ2n) is 3.55. The summed E-state index contributed by atoms with van der Waals surface area (Å²) in [7, 11) is 0. The van der Waals surface area contributed by atoms with Crippen LogP contribution in [0.2, 0.25) is 0 Å². The Hall–Kier alpha value is -1.68. The molecule has 4 heteroatoms. The van der Waals surface area contributed by atoms with Crippen LogP contribution < -0.4 is 0 Å². The van der Waals surface area contributed by atoms with Gasteiger partial charge in [0.1, 0.15) is 6.42 Å². The number of ketones is 1. The fraction of sp³-hybridized carbons (Fsp3) is 0.231. The van der Waals surface area contributed by atoms with Gasteiger partial charge < -0.3 is 4.74 Å². The molecular weight excluding hydrogens is 236 g/mol. The lowest BCUT2D eigenvalue weighted by Crippen LogP contribution is -2.10. The van der Waals surface area contributed by atoms with E-state index in [1.165, 1.54) is 11.3 Å². The molecule has 0 saturated carbocycles. The second kappa shape index (κ2) is 5.10. The van der Waals surface area contributed by atoms with Crippen molar-refractivity contribution in [2.24, 2.45) is 0 Å². The van der Waals surface area contributed by atoms with E-state index < -0.39 is 5.97 Å². The van der Waals surface area contributed by atoms with E-state index in [1.54, 1.807) is 6.92 Å². The van der Waals surface area contributed by atoms with Crippen LogP contribution >= 0.6 is 11.3 Å². The Morgan fingerprint density at radius 1 is 1.29 bits per heavy atom. The molecule has 0 unspecified atom stereocenters. The highest BCUT2D eigenvalue weighted by molar-refractivity contribution is 7.20. The van der Waals surface area contributed by atoms with E-state index in [0.29, 0.717) is 11.5 Å². The molecule has 1 aromatic carbocycles. The minimum absolute atomic E-state index is 0.176. The molecule has 2 rings (SSSR count). The van der Waals surface area contributed by atoms with Crippen molar-refractivity contribution in [3.63, 3.8) is 0 Å². The molecule has 0 atom stereocenters. The first-order valence-corrected chi connectivity index (χ1v) is 6.19. The third-order valence-electron chi connectivity index (χ3n) is 2.31. The van der Waals surface area contributed by atoms with Gasteiger partial charge >= 0.3 is 5.97 Å². The summed E-state index contributed by atoms with van der Waals surface area (Å²) >= 11 is 1.41. The number of fused-ring (bicyclic) bond motifs is 1. The lowest BCUT2D eigenvalue weighted by Gasteiger charge is -1.98. The maximum atomic E-state index is 11.8. The summed E-state index contributed by atoms with van der Waals surface area (Å²) in [5.74, 6) is -0.639. The molecule has 0 N–H and O–H groups in total. The number of hydrogen-bond donors (Lipinski definition) is 0. The standard InChI is InChI=1S/C13H12O3S/c1-2-16-13(15)8-10(14)12-7-9-5-3-4-6-11(9)17-12/h3-7H,2,8H2,1H3. The van der Waals surface area contributed by atoms with Crippen LogP contribution in [0.15, 0.2) is 30.3 Å². The zero-order valence-corrected chi connectivity index (χ0v) is 10.3. The summed E-state index contributed by atoms with van der Waals surface area (Å²) in [6, 6.07) is 9.59. The van der Waals surface area contributed by atoms with Crippen LogP contribution in [0, 0.1) is 0 Å². The van der Waals surface area contributed by atoms with Crippen LogP contribution in [-0.2, 0) is 9.53 Å². The number of carbonyl (C=O) groups is 2. The van der Waals surface area contributed by atoms with Crippen molar-refractivity contribution in [2.75, 3.05) is 6.61 Å². The third-order valence-corrected chi connectivity index (χ3v) is 3.47. The Bertz CT molecular complexity index is 524. The average Bonchev–Trinajstić information content (AvgIpc) is 2.72. The van der Waals surface area contributed by atoms with Gasteiger partial charge in [-0.15, -0.1) is 11.3 Å². The van der Waals surface area contributed by atoms with E-state index in [0.717, 1.165) is 10.1 Å². The van der Waals surface area contributed by atoms with Crippen molar-refractivity contribution in [3.05, 3.63) is 35.2 Å². The number of benzene rings is 1. The largest absolute Gasteiger partial charge is 0.466 e. The molecule has 0 spiro atoms. The SMILES string of the molecule is CCOC(=O)CC(=O)c1cc2ccccc2s1. The monoisotopic (exact) mass is 248 g/mol. The molecule has 0 fully saturated rings. The lowest BCUT2D eigenvalue weighted by atomic mass is 10.2.